The van der Waals surface area contributed by atoms with Crippen LogP contribution in [0.2, 0.25) is 0 Å². The molecule has 1 atom stereocenters. The predicted octanol–water partition coefficient (Wildman–Crippen LogP) is 2.55. The molecule has 0 unspecified atom stereocenters. The van der Waals surface area contributed by atoms with Crippen molar-refractivity contribution in [3.05, 3.63) is 65.0 Å². The van der Waals surface area contributed by atoms with E-state index >= 15 is 0 Å². The smallest absolute Gasteiger partial charge is 0.0919 e. The van der Waals surface area contributed by atoms with Crippen LogP contribution < -0.4 is 0 Å². The molecule has 0 saturated carbocycles. The molecule has 1 aromatic heterocycles. The van der Waals surface area contributed by atoms with Gasteiger partial charge in [0.25, 0.3) is 0 Å². The lowest BCUT2D eigenvalue weighted by molar-refractivity contribution is 0.0698. The molecule has 1 N–H and O–H groups in total. The number of aliphatic hydroxyl groups is 1. The molecule has 4 heteroatoms. The van der Waals surface area contributed by atoms with Crippen LogP contribution in [0.3, 0.4) is 0 Å². The van der Waals surface area contributed by atoms with Crippen LogP contribution in [0.15, 0.2) is 42.7 Å². The fourth-order valence-electron chi connectivity index (χ4n) is 3.34. The van der Waals surface area contributed by atoms with Crippen molar-refractivity contribution in [1.29, 1.82) is 0 Å². The van der Waals surface area contributed by atoms with Gasteiger partial charge in [0.15, 0.2) is 0 Å². The molecule has 2 heterocycles. The summed E-state index contributed by atoms with van der Waals surface area (Å²) in [7, 11) is 0. The summed E-state index contributed by atoms with van der Waals surface area (Å²) in [5.74, 6) is 0. The molecule has 1 fully saturated rings. The van der Waals surface area contributed by atoms with Crippen molar-refractivity contribution in [3.63, 3.8) is 0 Å². The third-order valence-corrected chi connectivity index (χ3v) is 4.85. The van der Waals surface area contributed by atoms with E-state index in [0.29, 0.717) is 6.54 Å². The second kappa shape index (κ2) is 7.88. The number of hydrogen-bond acceptors (Lipinski definition) is 4. The van der Waals surface area contributed by atoms with E-state index in [2.05, 4.69) is 59.0 Å². The first-order valence-electron chi connectivity index (χ1n) is 8.70. The minimum atomic E-state index is -0.406. The summed E-state index contributed by atoms with van der Waals surface area (Å²) in [6.45, 7) is 9.95. The first-order valence-corrected chi connectivity index (χ1v) is 8.70. The molecule has 0 bridgehead atoms. The molecular weight excluding hydrogens is 298 g/mol. The third kappa shape index (κ3) is 4.41. The average Bonchev–Trinajstić information content (AvgIpc) is 2.59. The number of piperazine rings is 1. The maximum Gasteiger partial charge on any atom is 0.0919 e. The monoisotopic (exact) mass is 325 g/mol. The maximum atomic E-state index is 10.6. The van der Waals surface area contributed by atoms with Crippen LogP contribution in [-0.4, -0.2) is 52.6 Å². The van der Waals surface area contributed by atoms with Crippen LogP contribution in [0.1, 0.15) is 28.4 Å². The Balaban J connectivity index is 1.51. The molecular formula is C20H27N3O. The first kappa shape index (κ1) is 17.1. The van der Waals surface area contributed by atoms with Crippen LogP contribution in [0.5, 0.6) is 0 Å². The highest BCUT2D eigenvalue weighted by molar-refractivity contribution is 5.32. The van der Waals surface area contributed by atoms with Gasteiger partial charge in [-0.15, -0.1) is 0 Å². The number of benzene rings is 1. The lowest BCUT2D eigenvalue weighted by Gasteiger charge is -2.35. The molecule has 2 aromatic rings. The molecule has 0 aliphatic carbocycles. The van der Waals surface area contributed by atoms with E-state index in [4.69, 9.17) is 0 Å². The summed E-state index contributed by atoms with van der Waals surface area (Å²) in [6.07, 6.45) is 3.30. The zero-order valence-corrected chi connectivity index (χ0v) is 14.7. The van der Waals surface area contributed by atoms with Crippen LogP contribution in [-0.2, 0) is 6.54 Å². The fraction of sp³-hybridized carbons (Fsp3) is 0.450. The minimum absolute atomic E-state index is 0.406. The Morgan fingerprint density at radius 1 is 1.00 bits per heavy atom. The number of nitrogens with zero attached hydrogens (tertiary/aromatic N) is 3. The molecule has 0 radical (unpaired) electrons. The summed E-state index contributed by atoms with van der Waals surface area (Å²) in [5.41, 5.74) is 4.75. The highest BCUT2D eigenvalue weighted by Crippen LogP contribution is 2.21. The molecule has 0 spiro atoms. The number of aliphatic hydroxyl groups excluding tert-OH is 1. The molecule has 24 heavy (non-hydrogen) atoms. The van der Waals surface area contributed by atoms with E-state index in [1.54, 1.807) is 0 Å². The van der Waals surface area contributed by atoms with Gasteiger partial charge >= 0.3 is 0 Å². The van der Waals surface area contributed by atoms with Crippen molar-refractivity contribution >= 4 is 0 Å². The SMILES string of the molecule is Cc1ccc(C)c([C@H](O)CN2CCN(Cc3ccncc3)CC2)c1. The standard InChI is InChI=1S/C20H27N3O/c1-16-3-4-17(2)19(13-16)20(24)15-23-11-9-22(10-12-23)14-18-5-7-21-8-6-18/h3-8,13,20,24H,9-12,14-15H2,1-2H3/t20-/m1/s1. The highest BCUT2D eigenvalue weighted by Gasteiger charge is 2.20. The second-order valence-electron chi connectivity index (χ2n) is 6.81. The lowest BCUT2D eigenvalue weighted by atomic mass is 10.0. The van der Waals surface area contributed by atoms with Gasteiger partial charge in [-0.1, -0.05) is 23.8 Å². The first-order chi connectivity index (χ1) is 11.6. The molecule has 4 nitrogen and oxygen atoms in total. The molecule has 128 valence electrons. The Labute approximate surface area is 144 Å². The second-order valence-corrected chi connectivity index (χ2v) is 6.81. The van der Waals surface area contributed by atoms with Crippen molar-refractivity contribution in [2.45, 2.75) is 26.5 Å². The highest BCUT2D eigenvalue weighted by atomic mass is 16.3. The van der Waals surface area contributed by atoms with Gasteiger partial charge in [0.2, 0.25) is 0 Å². The van der Waals surface area contributed by atoms with Gasteiger partial charge in [0.05, 0.1) is 6.10 Å². The molecule has 1 saturated heterocycles. The third-order valence-electron chi connectivity index (χ3n) is 4.85. The van der Waals surface area contributed by atoms with Crippen molar-refractivity contribution in [2.24, 2.45) is 0 Å². The largest absolute Gasteiger partial charge is 0.387 e. The summed E-state index contributed by atoms with van der Waals surface area (Å²) in [6, 6.07) is 10.5. The van der Waals surface area contributed by atoms with Crippen molar-refractivity contribution in [1.82, 2.24) is 14.8 Å². The van der Waals surface area contributed by atoms with Crippen LogP contribution >= 0.6 is 0 Å². The minimum Gasteiger partial charge on any atom is -0.387 e. The quantitative estimate of drug-likeness (QED) is 0.917. The Bertz CT molecular complexity index is 651. The van der Waals surface area contributed by atoms with Gasteiger partial charge in [-0.3, -0.25) is 14.8 Å². The normalized spacial score (nSPS) is 17.8. The Kier molecular flexibility index (Phi) is 5.61. The van der Waals surface area contributed by atoms with Crippen LogP contribution in [0.25, 0.3) is 0 Å². The summed E-state index contributed by atoms with van der Waals surface area (Å²) in [4.78, 5) is 8.91. The number of rotatable bonds is 5. The van der Waals surface area contributed by atoms with E-state index in [0.717, 1.165) is 38.3 Å². The summed E-state index contributed by atoms with van der Waals surface area (Å²) in [5, 5.41) is 10.6. The van der Waals surface area contributed by atoms with E-state index < -0.39 is 6.10 Å². The number of hydrogen-bond donors (Lipinski definition) is 1. The van der Waals surface area contributed by atoms with Crippen LogP contribution in [0, 0.1) is 13.8 Å². The summed E-state index contributed by atoms with van der Waals surface area (Å²) >= 11 is 0. The van der Waals surface area contributed by atoms with E-state index in [-0.39, 0.29) is 0 Å². The molecule has 1 aromatic carbocycles. The Morgan fingerprint density at radius 3 is 2.38 bits per heavy atom. The molecule has 3 rings (SSSR count). The van der Waals surface area contributed by atoms with Gasteiger partial charge in [-0.25, -0.2) is 0 Å². The van der Waals surface area contributed by atoms with Crippen molar-refractivity contribution < 1.29 is 5.11 Å². The predicted molar refractivity (Wildman–Crippen MR) is 96.8 cm³/mol. The zero-order chi connectivity index (χ0) is 16.9. The van der Waals surface area contributed by atoms with Gasteiger partial charge in [-0.05, 0) is 42.7 Å². The van der Waals surface area contributed by atoms with Gasteiger partial charge in [0.1, 0.15) is 0 Å². The fourth-order valence-corrected chi connectivity index (χ4v) is 3.34. The van der Waals surface area contributed by atoms with Crippen LogP contribution in [0.4, 0.5) is 0 Å². The van der Waals surface area contributed by atoms with Crippen molar-refractivity contribution in [2.75, 3.05) is 32.7 Å². The lowest BCUT2D eigenvalue weighted by Crippen LogP contribution is -2.47. The molecule has 1 aliphatic rings. The zero-order valence-electron chi connectivity index (χ0n) is 14.7. The van der Waals surface area contributed by atoms with Gasteiger partial charge in [0, 0.05) is 51.7 Å². The van der Waals surface area contributed by atoms with E-state index in [1.807, 2.05) is 12.4 Å². The maximum absolute atomic E-state index is 10.6. The van der Waals surface area contributed by atoms with E-state index in [1.165, 1.54) is 16.7 Å². The number of β-amino-alcohol motifs (C(OH)–C–C–N with tert-alkyl or cyclic N) is 1. The topological polar surface area (TPSA) is 39.6 Å². The molecule has 0 amide bonds. The van der Waals surface area contributed by atoms with Gasteiger partial charge in [-0.2, -0.15) is 0 Å². The number of aryl methyl sites for hydroxylation is 2. The van der Waals surface area contributed by atoms with Crippen molar-refractivity contribution in [3.8, 4) is 0 Å². The summed E-state index contributed by atoms with van der Waals surface area (Å²) < 4.78 is 0. The number of aromatic nitrogens is 1. The van der Waals surface area contributed by atoms with E-state index in [9.17, 15) is 5.11 Å². The molecule has 1 aliphatic heterocycles. The average molecular weight is 325 g/mol. The Hall–Kier alpha value is -1.75. The Morgan fingerprint density at radius 2 is 1.67 bits per heavy atom. The van der Waals surface area contributed by atoms with Gasteiger partial charge < -0.3 is 5.11 Å². The number of pyridine rings is 1.